The van der Waals surface area contributed by atoms with Gasteiger partial charge in [0, 0.05) is 11.7 Å². The smallest absolute Gasteiger partial charge is 0.248 e. The summed E-state index contributed by atoms with van der Waals surface area (Å²) in [5, 5.41) is 3.11. The van der Waals surface area contributed by atoms with Gasteiger partial charge in [-0.25, -0.2) is 4.39 Å². The Labute approximate surface area is 181 Å². The third kappa shape index (κ3) is 5.30. The Balaban J connectivity index is 2.00. The average Bonchev–Trinajstić information content (AvgIpc) is 2.78. The highest BCUT2D eigenvalue weighted by molar-refractivity contribution is 6.29. The van der Waals surface area contributed by atoms with Crippen LogP contribution in [-0.4, -0.2) is 30.8 Å². The lowest BCUT2D eigenvalue weighted by molar-refractivity contribution is -0.126. The predicted octanol–water partition coefficient (Wildman–Crippen LogP) is 4.60. The van der Waals surface area contributed by atoms with Crippen molar-refractivity contribution < 1.29 is 18.7 Å². The van der Waals surface area contributed by atoms with Crippen LogP contribution in [0.5, 0.6) is 5.75 Å². The number of nitrogens with zero attached hydrogens (tertiary/aromatic N) is 1. The number of amides is 2. The van der Waals surface area contributed by atoms with Gasteiger partial charge in [-0.2, -0.15) is 0 Å². The molecule has 1 atom stereocenters. The van der Waals surface area contributed by atoms with Crippen LogP contribution in [0.15, 0.2) is 48.5 Å². The molecule has 1 N–H and O–H groups in total. The molecule has 0 saturated heterocycles. The minimum Gasteiger partial charge on any atom is -0.497 e. The third-order valence-electron chi connectivity index (χ3n) is 5.38. The first-order chi connectivity index (χ1) is 14.5. The van der Waals surface area contributed by atoms with E-state index in [2.05, 4.69) is 5.32 Å². The van der Waals surface area contributed by atoms with Crippen LogP contribution in [0, 0.1) is 5.82 Å². The number of methoxy groups -OCH3 is 1. The Kier molecular flexibility index (Phi) is 7.69. The molecule has 160 valence electrons. The third-order valence-corrected chi connectivity index (χ3v) is 5.61. The molecule has 30 heavy (non-hydrogen) atoms. The standard InChI is InChI=1S/C23H26ClFN2O3/c1-30-20-13-7-16(8-14-20)22(23(29)26-18-5-3-2-4-6-18)27(21(28)15-24)19-11-9-17(25)10-12-19/h7-14,18,22H,2-6,15H2,1H3,(H,26,29). The zero-order valence-corrected chi connectivity index (χ0v) is 17.7. The fourth-order valence-electron chi connectivity index (χ4n) is 3.83. The first-order valence-corrected chi connectivity index (χ1v) is 10.6. The van der Waals surface area contributed by atoms with Crippen molar-refractivity contribution in [3.63, 3.8) is 0 Å². The number of rotatable bonds is 7. The lowest BCUT2D eigenvalue weighted by atomic mass is 9.94. The van der Waals surface area contributed by atoms with Gasteiger partial charge in [-0.05, 0) is 54.8 Å². The van der Waals surface area contributed by atoms with Gasteiger partial charge in [-0.3, -0.25) is 14.5 Å². The summed E-state index contributed by atoms with van der Waals surface area (Å²) in [5.41, 5.74) is 1.02. The van der Waals surface area contributed by atoms with Gasteiger partial charge in [0.2, 0.25) is 11.8 Å². The van der Waals surface area contributed by atoms with Crippen molar-refractivity contribution >= 4 is 29.1 Å². The Hall–Kier alpha value is -2.60. The summed E-state index contributed by atoms with van der Waals surface area (Å²) in [5.74, 6) is -0.814. The molecular weight excluding hydrogens is 407 g/mol. The minimum atomic E-state index is -0.936. The molecular formula is C23H26ClFN2O3. The molecule has 2 amide bonds. The molecule has 0 heterocycles. The number of benzene rings is 2. The largest absolute Gasteiger partial charge is 0.497 e. The topological polar surface area (TPSA) is 58.6 Å². The average molecular weight is 433 g/mol. The molecule has 0 radical (unpaired) electrons. The normalized spacial score (nSPS) is 15.3. The van der Waals surface area contributed by atoms with Crippen LogP contribution in [0.3, 0.4) is 0 Å². The van der Waals surface area contributed by atoms with Gasteiger partial charge in [0.05, 0.1) is 7.11 Å². The van der Waals surface area contributed by atoms with Gasteiger partial charge in [0.1, 0.15) is 23.5 Å². The van der Waals surface area contributed by atoms with Crippen LogP contribution in [-0.2, 0) is 9.59 Å². The van der Waals surface area contributed by atoms with Crippen LogP contribution in [0.4, 0.5) is 10.1 Å². The van der Waals surface area contributed by atoms with E-state index >= 15 is 0 Å². The Morgan fingerprint density at radius 1 is 1.10 bits per heavy atom. The van der Waals surface area contributed by atoms with E-state index in [1.54, 1.807) is 31.4 Å². The molecule has 0 spiro atoms. The van der Waals surface area contributed by atoms with Crippen LogP contribution in [0.1, 0.15) is 43.7 Å². The summed E-state index contributed by atoms with van der Waals surface area (Å²) >= 11 is 5.89. The van der Waals surface area contributed by atoms with Gasteiger partial charge < -0.3 is 10.1 Å². The van der Waals surface area contributed by atoms with Crippen LogP contribution >= 0.6 is 11.6 Å². The summed E-state index contributed by atoms with van der Waals surface area (Å²) in [6.45, 7) is 0. The van der Waals surface area contributed by atoms with Crippen molar-refractivity contribution in [2.75, 3.05) is 17.9 Å². The van der Waals surface area contributed by atoms with Gasteiger partial charge >= 0.3 is 0 Å². The van der Waals surface area contributed by atoms with Crippen molar-refractivity contribution in [1.29, 1.82) is 0 Å². The predicted molar refractivity (Wildman–Crippen MR) is 115 cm³/mol. The van der Waals surface area contributed by atoms with Crippen LogP contribution in [0.2, 0.25) is 0 Å². The van der Waals surface area contributed by atoms with Gasteiger partial charge in [0.15, 0.2) is 0 Å². The van der Waals surface area contributed by atoms with E-state index in [0.29, 0.717) is 17.0 Å². The second-order valence-corrected chi connectivity index (χ2v) is 7.66. The van der Waals surface area contributed by atoms with Gasteiger partial charge in [0.25, 0.3) is 0 Å². The Morgan fingerprint density at radius 3 is 2.30 bits per heavy atom. The molecule has 1 saturated carbocycles. The highest BCUT2D eigenvalue weighted by atomic mass is 35.5. The molecule has 2 aromatic carbocycles. The number of ether oxygens (including phenoxy) is 1. The molecule has 1 unspecified atom stereocenters. The van der Waals surface area contributed by atoms with Crippen LogP contribution < -0.4 is 15.0 Å². The van der Waals surface area contributed by atoms with E-state index in [4.69, 9.17) is 16.3 Å². The first kappa shape index (κ1) is 22.1. The van der Waals surface area contributed by atoms with Crippen molar-refractivity contribution in [2.45, 2.75) is 44.2 Å². The van der Waals surface area contributed by atoms with E-state index in [9.17, 15) is 14.0 Å². The number of carbonyl (C=O) groups is 2. The summed E-state index contributed by atoms with van der Waals surface area (Å²) in [6.07, 6.45) is 5.14. The molecule has 7 heteroatoms. The molecule has 2 aromatic rings. The molecule has 3 rings (SSSR count). The van der Waals surface area contributed by atoms with Crippen molar-refractivity contribution in [1.82, 2.24) is 5.32 Å². The summed E-state index contributed by atoms with van der Waals surface area (Å²) < 4.78 is 18.7. The second kappa shape index (κ2) is 10.4. The maximum atomic E-state index is 13.5. The molecule has 0 aliphatic heterocycles. The molecule has 1 aliphatic rings. The van der Waals surface area contributed by atoms with Crippen molar-refractivity contribution in [3.8, 4) is 5.75 Å². The SMILES string of the molecule is COc1ccc(C(C(=O)NC2CCCCC2)N(C(=O)CCl)c2ccc(F)cc2)cc1. The fraction of sp³-hybridized carbons (Fsp3) is 0.391. The zero-order chi connectivity index (χ0) is 21.5. The highest BCUT2D eigenvalue weighted by Crippen LogP contribution is 2.30. The molecule has 0 bridgehead atoms. The summed E-state index contributed by atoms with van der Waals surface area (Å²) in [7, 11) is 1.56. The number of hydrogen-bond donors (Lipinski definition) is 1. The fourth-order valence-corrected chi connectivity index (χ4v) is 3.96. The monoisotopic (exact) mass is 432 g/mol. The summed E-state index contributed by atoms with van der Waals surface area (Å²) in [4.78, 5) is 27.6. The molecule has 1 aliphatic carbocycles. The van der Waals surface area contributed by atoms with Gasteiger partial charge in [-0.1, -0.05) is 31.4 Å². The molecule has 1 fully saturated rings. The maximum Gasteiger partial charge on any atom is 0.248 e. The maximum absolute atomic E-state index is 13.5. The van der Waals surface area contributed by atoms with E-state index in [1.165, 1.54) is 35.6 Å². The van der Waals surface area contributed by atoms with E-state index in [0.717, 1.165) is 25.7 Å². The number of nitrogens with one attached hydrogen (secondary N) is 1. The van der Waals surface area contributed by atoms with Crippen molar-refractivity contribution in [2.24, 2.45) is 0 Å². The summed E-state index contributed by atoms with van der Waals surface area (Å²) in [6, 6.07) is 11.6. The lowest BCUT2D eigenvalue weighted by Gasteiger charge is -2.33. The quantitative estimate of drug-likeness (QED) is 0.650. The van der Waals surface area contributed by atoms with Crippen molar-refractivity contribution in [3.05, 3.63) is 59.9 Å². The molecule has 0 aromatic heterocycles. The Morgan fingerprint density at radius 2 is 1.73 bits per heavy atom. The first-order valence-electron chi connectivity index (χ1n) is 10.1. The highest BCUT2D eigenvalue weighted by Gasteiger charge is 2.33. The molecule has 5 nitrogen and oxygen atoms in total. The van der Waals surface area contributed by atoms with E-state index in [-0.39, 0.29) is 17.8 Å². The van der Waals surface area contributed by atoms with Crippen LogP contribution in [0.25, 0.3) is 0 Å². The van der Waals surface area contributed by atoms with E-state index in [1.807, 2.05) is 0 Å². The minimum absolute atomic E-state index is 0.0770. The number of carbonyl (C=O) groups excluding carboxylic acids is 2. The Bertz CT molecular complexity index is 852. The second-order valence-electron chi connectivity index (χ2n) is 7.39. The van der Waals surface area contributed by atoms with E-state index < -0.39 is 17.8 Å². The number of anilines is 1. The van der Waals surface area contributed by atoms with Gasteiger partial charge in [-0.15, -0.1) is 11.6 Å². The number of hydrogen-bond acceptors (Lipinski definition) is 3. The number of alkyl halides is 1. The lowest BCUT2D eigenvalue weighted by Crippen LogP contribution is -2.47. The zero-order valence-electron chi connectivity index (χ0n) is 16.9. The number of halogens is 2.